The number of carbonyl (C=O) groups excluding carboxylic acids is 1. The number of fused-ring (bicyclic) bond motifs is 1. The summed E-state index contributed by atoms with van der Waals surface area (Å²) in [6.45, 7) is 6.24. The molecule has 29 heavy (non-hydrogen) atoms. The Labute approximate surface area is 179 Å². The van der Waals surface area contributed by atoms with Crippen LogP contribution in [0, 0.1) is 0 Å². The molecule has 0 bridgehead atoms. The fraction of sp³-hybridized carbons (Fsp3) is 0.292. The molecular weight excluding hydrogens is 426 g/mol. The van der Waals surface area contributed by atoms with E-state index in [-0.39, 0.29) is 5.91 Å². The van der Waals surface area contributed by atoms with Crippen molar-refractivity contribution in [2.45, 2.75) is 45.4 Å². The van der Waals surface area contributed by atoms with Crippen molar-refractivity contribution in [2.24, 2.45) is 5.10 Å². The maximum Gasteiger partial charge on any atom is 0.272 e. The van der Waals surface area contributed by atoms with Crippen LogP contribution in [0.4, 0.5) is 0 Å². The molecule has 1 saturated carbocycles. The molecule has 1 N–H and O–H groups in total. The zero-order valence-electron chi connectivity index (χ0n) is 16.9. The van der Waals surface area contributed by atoms with Crippen molar-refractivity contribution in [1.82, 2.24) is 10.4 Å². The predicted octanol–water partition coefficient (Wildman–Crippen LogP) is 6.15. The number of halogens is 1. The highest BCUT2D eigenvalue weighted by Crippen LogP contribution is 2.40. The van der Waals surface area contributed by atoms with E-state index in [1.54, 1.807) is 0 Å². The molecule has 4 nitrogen and oxygen atoms in total. The standard InChI is InChI=1S/C24H24BrN3O/c1-14(2)16-4-6-17(7-5-16)15(3)27-28-24(29)21-13-23(18-8-9-18)26-22-11-10-19(25)12-20(21)22/h4-7,10-14,18H,8-9H2,1-3H3,(H,28,29)/b27-15-. The smallest absolute Gasteiger partial charge is 0.267 e. The monoisotopic (exact) mass is 449 g/mol. The van der Waals surface area contributed by atoms with Gasteiger partial charge in [0.2, 0.25) is 0 Å². The van der Waals surface area contributed by atoms with Crippen molar-refractivity contribution in [3.8, 4) is 0 Å². The Morgan fingerprint density at radius 3 is 2.52 bits per heavy atom. The Kier molecular flexibility index (Phi) is 5.50. The summed E-state index contributed by atoms with van der Waals surface area (Å²) < 4.78 is 0.921. The lowest BCUT2D eigenvalue weighted by atomic mass is 10.0. The first kappa shape index (κ1) is 19.8. The molecule has 2 aromatic carbocycles. The van der Waals surface area contributed by atoms with Crippen LogP contribution >= 0.6 is 15.9 Å². The Balaban J connectivity index is 1.61. The van der Waals surface area contributed by atoms with Gasteiger partial charge in [-0.25, -0.2) is 5.43 Å². The quantitative estimate of drug-likeness (QED) is 0.374. The van der Waals surface area contributed by atoms with E-state index < -0.39 is 0 Å². The second-order valence-electron chi connectivity index (χ2n) is 7.95. The zero-order chi connectivity index (χ0) is 20.5. The summed E-state index contributed by atoms with van der Waals surface area (Å²) in [6, 6.07) is 16.1. The van der Waals surface area contributed by atoms with Crippen molar-refractivity contribution in [3.05, 3.63) is 75.4 Å². The molecular formula is C24H24BrN3O. The maximum atomic E-state index is 13.0. The lowest BCUT2D eigenvalue weighted by Crippen LogP contribution is -2.20. The summed E-state index contributed by atoms with van der Waals surface area (Å²) in [6.07, 6.45) is 2.28. The van der Waals surface area contributed by atoms with Crippen molar-refractivity contribution in [2.75, 3.05) is 0 Å². The molecule has 1 fully saturated rings. The second kappa shape index (κ2) is 8.07. The largest absolute Gasteiger partial charge is 0.272 e. The maximum absolute atomic E-state index is 13.0. The lowest BCUT2D eigenvalue weighted by Gasteiger charge is -2.10. The Hall–Kier alpha value is -2.53. The van der Waals surface area contributed by atoms with Crippen LogP contribution in [0.1, 0.15) is 72.6 Å². The molecule has 1 aliphatic rings. The number of benzene rings is 2. The molecule has 0 unspecified atom stereocenters. The average molecular weight is 450 g/mol. The molecule has 0 radical (unpaired) electrons. The van der Waals surface area contributed by atoms with E-state index in [0.29, 0.717) is 17.4 Å². The summed E-state index contributed by atoms with van der Waals surface area (Å²) in [5.41, 5.74) is 8.24. The van der Waals surface area contributed by atoms with Gasteiger partial charge in [0.25, 0.3) is 5.91 Å². The van der Waals surface area contributed by atoms with Gasteiger partial charge in [0.05, 0.1) is 16.8 Å². The SMILES string of the molecule is C/C(=N/NC(=O)c1cc(C2CC2)nc2ccc(Br)cc12)c1ccc(C(C)C)cc1. The van der Waals surface area contributed by atoms with Crippen LogP contribution in [0.15, 0.2) is 58.1 Å². The molecule has 4 rings (SSSR count). The van der Waals surface area contributed by atoms with E-state index in [0.717, 1.165) is 45.2 Å². The van der Waals surface area contributed by atoms with E-state index in [4.69, 9.17) is 4.98 Å². The molecule has 3 aromatic rings. The number of aromatic nitrogens is 1. The minimum Gasteiger partial charge on any atom is -0.267 e. The second-order valence-corrected chi connectivity index (χ2v) is 8.86. The highest BCUT2D eigenvalue weighted by molar-refractivity contribution is 9.10. The highest BCUT2D eigenvalue weighted by atomic mass is 79.9. The van der Waals surface area contributed by atoms with Crippen LogP contribution in [0.3, 0.4) is 0 Å². The zero-order valence-corrected chi connectivity index (χ0v) is 18.5. The first-order chi connectivity index (χ1) is 13.9. The van der Waals surface area contributed by atoms with Crippen molar-refractivity contribution >= 4 is 38.5 Å². The van der Waals surface area contributed by atoms with E-state index in [1.807, 2.05) is 43.3 Å². The topological polar surface area (TPSA) is 54.4 Å². The molecule has 0 spiro atoms. The summed E-state index contributed by atoms with van der Waals surface area (Å²) in [4.78, 5) is 17.7. The van der Waals surface area contributed by atoms with Crippen molar-refractivity contribution in [3.63, 3.8) is 0 Å². The Morgan fingerprint density at radius 1 is 1.14 bits per heavy atom. The van der Waals surface area contributed by atoms with Crippen LogP contribution in [-0.2, 0) is 0 Å². The first-order valence-electron chi connectivity index (χ1n) is 9.97. The Bertz CT molecular complexity index is 1100. The predicted molar refractivity (Wildman–Crippen MR) is 122 cm³/mol. The van der Waals surface area contributed by atoms with Gasteiger partial charge >= 0.3 is 0 Å². The average Bonchev–Trinajstić information content (AvgIpc) is 3.56. The number of hydrogen-bond donors (Lipinski definition) is 1. The van der Waals surface area contributed by atoms with Gasteiger partial charge in [-0.05, 0) is 61.1 Å². The van der Waals surface area contributed by atoms with E-state index in [1.165, 1.54) is 5.56 Å². The van der Waals surface area contributed by atoms with Gasteiger partial charge in [-0.3, -0.25) is 9.78 Å². The number of rotatable bonds is 5. The highest BCUT2D eigenvalue weighted by Gasteiger charge is 2.27. The molecule has 0 saturated heterocycles. The van der Waals surface area contributed by atoms with Gasteiger partial charge in [0.1, 0.15) is 0 Å². The summed E-state index contributed by atoms with van der Waals surface area (Å²) in [5.74, 6) is 0.746. The summed E-state index contributed by atoms with van der Waals surface area (Å²) >= 11 is 3.50. The van der Waals surface area contributed by atoms with Gasteiger partial charge < -0.3 is 0 Å². The number of hydrazone groups is 1. The van der Waals surface area contributed by atoms with Gasteiger partial charge in [-0.15, -0.1) is 0 Å². The third-order valence-electron chi connectivity index (χ3n) is 5.35. The van der Waals surface area contributed by atoms with Gasteiger partial charge in [0, 0.05) is 21.5 Å². The number of nitrogens with one attached hydrogen (secondary N) is 1. The molecule has 1 heterocycles. The third-order valence-corrected chi connectivity index (χ3v) is 5.84. The van der Waals surface area contributed by atoms with E-state index in [2.05, 4.69) is 52.4 Å². The van der Waals surface area contributed by atoms with Crippen LogP contribution < -0.4 is 5.43 Å². The molecule has 1 amide bonds. The van der Waals surface area contributed by atoms with Gasteiger partial charge in [0.15, 0.2) is 0 Å². The normalized spacial score (nSPS) is 14.4. The van der Waals surface area contributed by atoms with Crippen LogP contribution in [0.2, 0.25) is 0 Å². The minimum absolute atomic E-state index is 0.212. The van der Waals surface area contributed by atoms with E-state index in [9.17, 15) is 4.79 Å². The molecule has 0 atom stereocenters. The van der Waals surface area contributed by atoms with Gasteiger partial charge in [-0.2, -0.15) is 5.10 Å². The minimum atomic E-state index is -0.212. The number of hydrogen-bond acceptors (Lipinski definition) is 3. The fourth-order valence-corrected chi connectivity index (χ4v) is 3.72. The fourth-order valence-electron chi connectivity index (χ4n) is 3.36. The first-order valence-corrected chi connectivity index (χ1v) is 10.8. The number of amides is 1. The van der Waals surface area contributed by atoms with Crippen LogP contribution in [-0.4, -0.2) is 16.6 Å². The van der Waals surface area contributed by atoms with Crippen LogP contribution in [0.25, 0.3) is 10.9 Å². The molecule has 1 aliphatic carbocycles. The summed E-state index contributed by atoms with van der Waals surface area (Å²) in [5, 5.41) is 5.18. The van der Waals surface area contributed by atoms with Crippen molar-refractivity contribution in [1.29, 1.82) is 0 Å². The summed E-state index contributed by atoms with van der Waals surface area (Å²) in [7, 11) is 0. The number of carbonyl (C=O) groups is 1. The van der Waals surface area contributed by atoms with Crippen molar-refractivity contribution < 1.29 is 4.79 Å². The molecule has 148 valence electrons. The lowest BCUT2D eigenvalue weighted by molar-refractivity contribution is 0.0956. The molecule has 1 aromatic heterocycles. The molecule has 0 aliphatic heterocycles. The molecule has 5 heteroatoms. The van der Waals surface area contributed by atoms with Gasteiger partial charge in [-0.1, -0.05) is 54.0 Å². The van der Waals surface area contributed by atoms with E-state index >= 15 is 0 Å². The third kappa shape index (κ3) is 4.40. The van der Waals surface area contributed by atoms with Crippen LogP contribution in [0.5, 0.6) is 0 Å². The number of pyridine rings is 1. The number of nitrogens with zero attached hydrogens (tertiary/aromatic N) is 2. The Morgan fingerprint density at radius 2 is 1.86 bits per heavy atom.